The molecule has 244 valence electrons. The highest BCUT2D eigenvalue weighted by molar-refractivity contribution is 6.83. The summed E-state index contributed by atoms with van der Waals surface area (Å²) in [6, 6.07) is 0. The molecule has 13 heteroatoms. The number of amides is 1. The first-order chi connectivity index (χ1) is 19.2. The van der Waals surface area contributed by atoms with Crippen molar-refractivity contribution < 1.29 is 18.4 Å². The summed E-state index contributed by atoms with van der Waals surface area (Å²) in [7, 11) is -6.21. The van der Waals surface area contributed by atoms with Gasteiger partial charge < -0.3 is 28.9 Å². The van der Waals surface area contributed by atoms with Crippen LogP contribution in [0.25, 0.3) is 11.0 Å². The molecule has 3 N–H and O–H groups in total. The van der Waals surface area contributed by atoms with Gasteiger partial charge in [0.25, 0.3) is 5.91 Å². The molecule has 9 nitrogen and oxygen atoms in total. The van der Waals surface area contributed by atoms with Crippen LogP contribution in [0.4, 0.5) is 5.95 Å². The molecule has 3 heterocycles. The SMILES string of the molecule is CC(C)(C)[Si](C)(C)Nc1nc(Cl)c2c(C(N)=O)cn(C3CC(O[Si](C)(C)C(C)(C)C)C(CO[Si](C)(C)C(C)(C)C)O3)c2n1. The molecule has 1 fully saturated rings. The molecule has 2 aromatic rings. The van der Waals surface area contributed by atoms with Crippen LogP contribution in [0.3, 0.4) is 0 Å². The quantitative estimate of drug-likeness (QED) is 0.204. The fourth-order valence-corrected chi connectivity index (χ4v) is 7.93. The van der Waals surface area contributed by atoms with Crippen molar-refractivity contribution in [2.24, 2.45) is 5.73 Å². The maximum absolute atomic E-state index is 12.6. The van der Waals surface area contributed by atoms with Gasteiger partial charge in [0.05, 0.1) is 23.7 Å². The van der Waals surface area contributed by atoms with Gasteiger partial charge >= 0.3 is 0 Å². The van der Waals surface area contributed by atoms with Crippen molar-refractivity contribution >= 4 is 59.4 Å². The monoisotopic (exact) mass is 669 g/mol. The van der Waals surface area contributed by atoms with Gasteiger partial charge in [-0.1, -0.05) is 87.0 Å². The van der Waals surface area contributed by atoms with Crippen LogP contribution in [0.5, 0.6) is 0 Å². The van der Waals surface area contributed by atoms with Crippen molar-refractivity contribution in [2.75, 3.05) is 11.6 Å². The van der Waals surface area contributed by atoms with E-state index < -0.39 is 37.0 Å². The van der Waals surface area contributed by atoms with Gasteiger partial charge in [0.1, 0.15) is 23.1 Å². The maximum atomic E-state index is 12.6. The standard InChI is InChI=1S/C30H56ClN5O4Si3/c1-28(2,3)41(10,11)35-27-33-24(31)23-19(25(32)37)17-36(26(23)34-27)22-16-20(40-43(14,15)30(7,8)9)21(39-22)18-38-42(12,13)29(4,5)6/h17,20-22H,16,18H2,1-15H3,(H2,32,37)(H,33,34,35). The van der Waals surface area contributed by atoms with Crippen LogP contribution < -0.4 is 10.7 Å². The summed E-state index contributed by atoms with van der Waals surface area (Å²) in [5, 5.41) is 0.748. The van der Waals surface area contributed by atoms with E-state index in [9.17, 15) is 4.79 Å². The Bertz CT molecular complexity index is 1340. The van der Waals surface area contributed by atoms with Crippen LogP contribution in [-0.2, 0) is 13.6 Å². The largest absolute Gasteiger partial charge is 0.414 e. The third kappa shape index (κ3) is 7.58. The van der Waals surface area contributed by atoms with Gasteiger partial charge in [-0.05, 0) is 41.3 Å². The van der Waals surface area contributed by atoms with Gasteiger partial charge in [0.2, 0.25) is 5.95 Å². The number of aromatic nitrogens is 3. The molecular formula is C30H56ClN5O4Si3. The molecule has 3 unspecified atom stereocenters. The first kappa shape index (κ1) is 36.2. The van der Waals surface area contributed by atoms with Crippen molar-refractivity contribution in [3.05, 3.63) is 16.9 Å². The lowest BCUT2D eigenvalue weighted by molar-refractivity contribution is -0.0382. The van der Waals surface area contributed by atoms with E-state index in [0.717, 1.165) is 0 Å². The normalized spacial score (nSPS) is 21.1. The smallest absolute Gasteiger partial charge is 0.251 e. The Morgan fingerprint density at radius 2 is 1.56 bits per heavy atom. The van der Waals surface area contributed by atoms with Gasteiger partial charge in [0, 0.05) is 12.6 Å². The Labute approximate surface area is 267 Å². The molecule has 3 atom stereocenters. The number of nitrogens with two attached hydrogens (primary N) is 1. The minimum Gasteiger partial charge on any atom is -0.414 e. The number of carbonyl (C=O) groups is 1. The molecule has 43 heavy (non-hydrogen) atoms. The minimum absolute atomic E-state index is 0.0281. The van der Waals surface area contributed by atoms with Crippen LogP contribution in [0.2, 0.25) is 59.5 Å². The molecule has 3 rings (SSSR count). The minimum atomic E-state index is -2.14. The second kappa shape index (κ2) is 11.8. The molecule has 0 saturated carbocycles. The number of halogens is 1. The number of ether oxygens (including phenoxy) is 1. The summed E-state index contributed by atoms with van der Waals surface area (Å²) in [5.41, 5.74) is 6.61. The number of nitrogens with one attached hydrogen (secondary N) is 1. The van der Waals surface area contributed by atoms with Crippen molar-refractivity contribution in [1.82, 2.24) is 14.5 Å². The summed E-state index contributed by atoms with van der Waals surface area (Å²) >= 11 is 6.74. The van der Waals surface area contributed by atoms with Crippen LogP contribution in [0.15, 0.2) is 6.20 Å². The Kier molecular flexibility index (Phi) is 9.94. The Morgan fingerprint density at radius 3 is 2.05 bits per heavy atom. The zero-order valence-electron chi connectivity index (χ0n) is 29.2. The molecule has 0 radical (unpaired) electrons. The van der Waals surface area contributed by atoms with E-state index in [1.54, 1.807) is 6.20 Å². The molecule has 0 aliphatic carbocycles. The number of primary amides is 1. The van der Waals surface area contributed by atoms with Gasteiger partial charge in [-0.3, -0.25) is 4.79 Å². The number of anilines is 1. The van der Waals surface area contributed by atoms with Gasteiger partial charge in [-0.15, -0.1) is 0 Å². The number of carbonyl (C=O) groups excluding carboxylic acids is 1. The molecule has 0 aromatic carbocycles. The fraction of sp³-hybridized carbons (Fsp3) is 0.767. The van der Waals surface area contributed by atoms with Crippen molar-refractivity contribution in [3.8, 4) is 0 Å². The van der Waals surface area contributed by atoms with E-state index in [2.05, 4.69) is 112 Å². The van der Waals surface area contributed by atoms with Crippen LogP contribution in [-0.4, -0.2) is 64.1 Å². The molecule has 1 aliphatic heterocycles. The summed E-state index contributed by atoms with van der Waals surface area (Å²) in [6.45, 7) is 34.0. The van der Waals surface area contributed by atoms with Gasteiger partial charge in [-0.2, -0.15) is 4.98 Å². The second-order valence-electron chi connectivity index (χ2n) is 16.7. The highest BCUT2D eigenvalue weighted by atomic mass is 35.5. The average Bonchev–Trinajstić information content (AvgIpc) is 3.36. The highest BCUT2D eigenvalue weighted by Gasteiger charge is 2.47. The summed E-state index contributed by atoms with van der Waals surface area (Å²) in [5.74, 6) is -0.159. The van der Waals surface area contributed by atoms with Crippen LogP contribution in [0, 0.1) is 0 Å². The molecule has 1 saturated heterocycles. The topological polar surface area (TPSA) is 114 Å². The van der Waals surface area contributed by atoms with E-state index in [1.807, 2.05) is 4.57 Å². The average molecular weight is 671 g/mol. The summed E-state index contributed by atoms with van der Waals surface area (Å²) in [4.78, 5) is 25.6. The lowest BCUT2D eigenvalue weighted by Crippen LogP contribution is -2.48. The lowest BCUT2D eigenvalue weighted by atomic mass is 10.2. The highest BCUT2D eigenvalue weighted by Crippen LogP contribution is 2.44. The van der Waals surface area contributed by atoms with Crippen molar-refractivity contribution in [1.29, 1.82) is 0 Å². The van der Waals surface area contributed by atoms with Crippen LogP contribution >= 0.6 is 11.6 Å². The number of hydrogen-bond acceptors (Lipinski definition) is 7. The maximum Gasteiger partial charge on any atom is 0.251 e. The van der Waals surface area contributed by atoms with E-state index in [4.69, 9.17) is 35.9 Å². The number of rotatable bonds is 9. The number of fused-ring (bicyclic) bond motifs is 1. The zero-order valence-corrected chi connectivity index (χ0v) is 32.9. The molecule has 1 aliphatic rings. The Balaban J connectivity index is 2.09. The predicted octanol–water partition coefficient (Wildman–Crippen LogP) is 8.30. The number of hydrogen-bond donors (Lipinski definition) is 2. The third-order valence-electron chi connectivity index (χ3n) is 10.4. The molecular weight excluding hydrogens is 614 g/mol. The van der Waals surface area contributed by atoms with Gasteiger partial charge in [-0.25, -0.2) is 4.98 Å². The molecule has 0 bridgehead atoms. The van der Waals surface area contributed by atoms with E-state index in [-0.39, 0.29) is 38.0 Å². The summed E-state index contributed by atoms with van der Waals surface area (Å²) in [6.07, 6.45) is 1.35. The van der Waals surface area contributed by atoms with E-state index >= 15 is 0 Å². The summed E-state index contributed by atoms with van der Waals surface area (Å²) < 4.78 is 22.3. The Hall–Kier alpha value is -1.29. The number of nitrogens with zero attached hydrogens (tertiary/aromatic N) is 3. The van der Waals surface area contributed by atoms with Crippen molar-refractivity contribution in [3.63, 3.8) is 0 Å². The van der Waals surface area contributed by atoms with Gasteiger partial charge in [0.15, 0.2) is 24.9 Å². The van der Waals surface area contributed by atoms with Crippen LogP contribution in [0.1, 0.15) is 85.3 Å². The van der Waals surface area contributed by atoms with E-state index in [0.29, 0.717) is 30.0 Å². The predicted molar refractivity (Wildman–Crippen MR) is 186 cm³/mol. The zero-order chi connectivity index (χ0) is 33.1. The second-order valence-corrected chi connectivity index (χ2v) is 31.6. The lowest BCUT2D eigenvalue weighted by Gasteiger charge is -2.40. The first-order valence-corrected chi connectivity index (χ1v) is 24.5. The molecule has 1 amide bonds. The molecule has 2 aromatic heterocycles. The third-order valence-corrected chi connectivity index (χ3v) is 24.2. The Morgan fingerprint density at radius 1 is 1.00 bits per heavy atom. The van der Waals surface area contributed by atoms with Crippen molar-refractivity contribution in [2.45, 2.75) is 142 Å². The fourth-order valence-electron chi connectivity index (χ4n) is 4.24. The first-order valence-electron chi connectivity index (χ1n) is 15.3. The molecule has 0 spiro atoms. The van der Waals surface area contributed by atoms with E-state index in [1.165, 1.54) is 0 Å².